The normalized spacial score (nSPS) is 15.2. The molecule has 22 heavy (non-hydrogen) atoms. The first-order valence-electron chi connectivity index (χ1n) is 7.03. The number of amides is 1. The molecular formula is C16H15BrN4O. The number of allylic oxidation sites excluding steroid dienone is 1. The number of nitrogens with zero attached hydrogens (tertiary/aromatic N) is 2. The maximum absolute atomic E-state index is 11.9. The highest BCUT2D eigenvalue weighted by Gasteiger charge is 2.26. The van der Waals surface area contributed by atoms with Gasteiger partial charge in [-0.25, -0.2) is 5.43 Å². The number of rotatable bonds is 5. The van der Waals surface area contributed by atoms with Gasteiger partial charge in [-0.2, -0.15) is 10.2 Å². The summed E-state index contributed by atoms with van der Waals surface area (Å²) >= 11 is 3.39. The third-order valence-corrected chi connectivity index (χ3v) is 3.74. The Morgan fingerprint density at radius 2 is 2.14 bits per heavy atom. The molecule has 1 saturated carbocycles. The topological polar surface area (TPSA) is 70.1 Å². The van der Waals surface area contributed by atoms with Gasteiger partial charge in [0.25, 0.3) is 5.91 Å². The Morgan fingerprint density at radius 1 is 1.36 bits per heavy atom. The van der Waals surface area contributed by atoms with E-state index in [1.54, 1.807) is 12.3 Å². The SMILES string of the molecule is O=C(N/N=C/C(Br)=C\c1ccccc1)c1cc(C2CC2)[nH]n1. The Bertz CT molecular complexity index is 717. The Labute approximate surface area is 136 Å². The number of halogens is 1. The standard InChI is InChI=1S/C16H15BrN4O/c17-13(8-11-4-2-1-3-5-11)10-18-21-16(22)15-9-14(19-20-15)12-6-7-12/h1-5,8-10,12H,6-7H2,(H,19,20)(H,21,22)/b13-8+,18-10+. The van der Waals surface area contributed by atoms with Crippen molar-refractivity contribution in [3.05, 3.63) is 57.8 Å². The maximum Gasteiger partial charge on any atom is 0.291 e. The molecule has 0 spiro atoms. The van der Waals surface area contributed by atoms with E-state index in [0.29, 0.717) is 11.6 Å². The average Bonchev–Trinajstić information content (AvgIpc) is 3.25. The first-order chi connectivity index (χ1) is 10.7. The molecule has 1 aromatic carbocycles. The molecule has 0 aliphatic heterocycles. The van der Waals surface area contributed by atoms with Crippen LogP contribution in [0.25, 0.3) is 6.08 Å². The van der Waals surface area contributed by atoms with Crippen LogP contribution in [0.2, 0.25) is 0 Å². The van der Waals surface area contributed by atoms with Crippen molar-refractivity contribution in [1.29, 1.82) is 0 Å². The lowest BCUT2D eigenvalue weighted by atomic mass is 10.2. The van der Waals surface area contributed by atoms with Crippen LogP contribution in [0.4, 0.5) is 0 Å². The molecule has 112 valence electrons. The van der Waals surface area contributed by atoms with Crippen LogP contribution in [0, 0.1) is 0 Å². The molecular weight excluding hydrogens is 344 g/mol. The summed E-state index contributed by atoms with van der Waals surface area (Å²) in [6, 6.07) is 11.6. The largest absolute Gasteiger partial charge is 0.291 e. The van der Waals surface area contributed by atoms with Crippen molar-refractivity contribution in [2.24, 2.45) is 5.10 Å². The van der Waals surface area contributed by atoms with Crippen molar-refractivity contribution in [3.8, 4) is 0 Å². The minimum atomic E-state index is -0.320. The second kappa shape index (κ2) is 6.70. The molecule has 2 N–H and O–H groups in total. The highest BCUT2D eigenvalue weighted by molar-refractivity contribution is 9.12. The number of hydrogen-bond donors (Lipinski definition) is 2. The summed E-state index contributed by atoms with van der Waals surface area (Å²) in [4.78, 5) is 11.9. The molecule has 1 aliphatic carbocycles. The van der Waals surface area contributed by atoms with Gasteiger partial charge >= 0.3 is 0 Å². The molecule has 1 amide bonds. The van der Waals surface area contributed by atoms with Crippen molar-refractivity contribution < 1.29 is 4.79 Å². The summed E-state index contributed by atoms with van der Waals surface area (Å²) in [6.45, 7) is 0. The van der Waals surface area contributed by atoms with Crippen LogP contribution < -0.4 is 5.43 Å². The molecule has 0 bridgehead atoms. The smallest absolute Gasteiger partial charge is 0.281 e. The van der Waals surface area contributed by atoms with Crippen LogP contribution in [0.3, 0.4) is 0 Å². The van der Waals surface area contributed by atoms with Crippen molar-refractivity contribution >= 4 is 34.1 Å². The predicted octanol–water partition coefficient (Wildman–Crippen LogP) is 3.44. The van der Waals surface area contributed by atoms with Gasteiger partial charge < -0.3 is 0 Å². The van der Waals surface area contributed by atoms with E-state index in [0.717, 1.165) is 15.7 Å². The number of carbonyl (C=O) groups excluding carboxylic acids is 1. The van der Waals surface area contributed by atoms with Crippen LogP contribution in [0.15, 0.2) is 46.0 Å². The zero-order valence-corrected chi connectivity index (χ0v) is 13.4. The van der Waals surface area contributed by atoms with Gasteiger partial charge in [-0.1, -0.05) is 30.3 Å². The monoisotopic (exact) mass is 358 g/mol. The number of aromatic amines is 1. The molecule has 1 heterocycles. The van der Waals surface area contributed by atoms with Gasteiger partial charge in [0.05, 0.1) is 6.21 Å². The van der Waals surface area contributed by atoms with Gasteiger partial charge in [-0.05, 0) is 46.5 Å². The van der Waals surface area contributed by atoms with Crippen LogP contribution >= 0.6 is 15.9 Å². The maximum atomic E-state index is 11.9. The van der Waals surface area contributed by atoms with E-state index < -0.39 is 0 Å². The predicted molar refractivity (Wildman–Crippen MR) is 89.9 cm³/mol. The lowest BCUT2D eigenvalue weighted by Crippen LogP contribution is -2.17. The van der Waals surface area contributed by atoms with Crippen molar-refractivity contribution in [3.63, 3.8) is 0 Å². The second-order valence-corrected chi connectivity index (χ2v) is 6.04. The highest BCUT2D eigenvalue weighted by Crippen LogP contribution is 2.38. The number of hydrazone groups is 1. The molecule has 0 unspecified atom stereocenters. The van der Waals surface area contributed by atoms with Gasteiger partial charge in [0.15, 0.2) is 5.69 Å². The molecule has 2 aromatic rings. The summed E-state index contributed by atoms with van der Waals surface area (Å²) in [5.41, 5.74) is 4.91. The molecule has 1 fully saturated rings. The molecule has 0 radical (unpaired) electrons. The van der Waals surface area contributed by atoms with Crippen molar-refractivity contribution in [2.45, 2.75) is 18.8 Å². The van der Waals surface area contributed by atoms with Gasteiger partial charge in [0.2, 0.25) is 0 Å². The first kappa shape index (κ1) is 14.7. The summed E-state index contributed by atoms with van der Waals surface area (Å²) in [5, 5.41) is 10.8. The summed E-state index contributed by atoms with van der Waals surface area (Å²) in [6.07, 6.45) is 5.78. The zero-order chi connectivity index (χ0) is 15.4. The first-order valence-corrected chi connectivity index (χ1v) is 7.82. The summed E-state index contributed by atoms with van der Waals surface area (Å²) in [5.74, 6) is 0.222. The average molecular weight is 359 g/mol. The van der Waals surface area contributed by atoms with Crippen molar-refractivity contribution in [2.75, 3.05) is 0 Å². The third-order valence-electron chi connectivity index (χ3n) is 3.31. The lowest BCUT2D eigenvalue weighted by Gasteiger charge is -1.95. The number of hydrogen-bond acceptors (Lipinski definition) is 3. The van der Waals surface area contributed by atoms with E-state index >= 15 is 0 Å². The molecule has 1 aromatic heterocycles. The van der Waals surface area contributed by atoms with Gasteiger partial charge in [0, 0.05) is 16.1 Å². The van der Waals surface area contributed by atoms with E-state index in [9.17, 15) is 4.79 Å². The van der Waals surface area contributed by atoms with Crippen LogP contribution in [0.1, 0.15) is 40.5 Å². The minimum Gasteiger partial charge on any atom is -0.281 e. The van der Waals surface area contributed by atoms with Crippen LogP contribution in [-0.2, 0) is 0 Å². The summed E-state index contributed by atoms with van der Waals surface area (Å²) in [7, 11) is 0. The number of aromatic nitrogens is 2. The molecule has 0 atom stereocenters. The van der Waals surface area contributed by atoms with Crippen LogP contribution in [-0.4, -0.2) is 22.3 Å². The van der Waals surface area contributed by atoms with Crippen LogP contribution in [0.5, 0.6) is 0 Å². The van der Waals surface area contributed by atoms with Gasteiger partial charge in [-0.15, -0.1) is 0 Å². The molecule has 3 rings (SSSR count). The quantitative estimate of drug-likeness (QED) is 0.634. The highest BCUT2D eigenvalue weighted by atomic mass is 79.9. The van der Waals surface area contributed by atoms with Crippen molar-refractivity contribution in [1.82, 2.24) is 15.6 Å². The second-order valence-electron chi connectivity index (χ2n) is 5.12. The van der Waals surface area contributed by atoms with E-state index in [4.69, 9.17) is 0 Å². The number of H-pyrrole nitrogens is 1. The van der Waals surface area contributed by atoms with Gasteiger partial charge in [0.1, 0.15) is 0 Å². The molecule has 5 nitrogen and oxygen atoms in total. The Morgan fingerprint density at radius 3 is 2.86 bits per heavy atom. The van der Waals surface area contributed by atoms with E-state index in [2.05, 4.69) is 36.7 Å². The Kier molecular flexibility index (Phi) is 4.48. The number of nitrogens with one attached hydrogen (secondary N) is 2. The Hall–Kier alpha value is -2.21. The lowest BCUT2D eigenvalue weighted by molar-refractivity contribution is 0.0950. The Balaban J connectivity index is 1.56. The zero-order valence-electron chi connectivity index (χ0n) is 11.8. The third kappa shape index (κ3) is 3.92. The number of carbonyl (C=O) groups is 1. The van der Waals surface area contributed by atoms with Gasteiger partial charge in [-0.3, -0.25) is 9.89 Å². The molecule has 6 heteroatoms. The minimum absolute atomic E-state index is 0.320. The van der Waals surface area contributed by atoms with E-state index in [1.165, 1.54) is 12.8 Å². The van der Waals surface area contributed by atoms with E-state index in [1.807, 2.05) is 36.4 Å². The fourth-order valence-electron chi connectivity index (χ4n) is 2.01. The molecule has 1 aliphatic rings. The number of benzene rings is 1. The van der Waals surface area contributed by atoms with E-state index in [-0.39, 0.29) is 5.91 Å². The molecule has 0 saturated heterocycles. The summed E-state index contributed by atoms with van der Waals surface area (Å²) < 4.78 is 0.764. The fourth-order valence-corrected chi connectivity index (χ4v) is 2.38. The fraction of sp³-hybridized carbons (Fsp3) is 0.188.